The molecule has 6 heteroatoms. The van der Waals surface area contributed by atoms with Crippen molar-refractivity contribution in [2.45, 2.75) is 0 Å². The molecule has 21 heavy (non-hydrogen) atoms. The van der Waals surface area contributed by atoms with E-state index in [2.05, 4.69) is 25.9 Å². The first-order valence-electron chi connectivity index (χ1n) is 6.05. The van der Waals surface area contributed by atoms with Crippen molar-refractivity contribution in [3.05, 3.63) is 52.8 Å². The molecule has 0 saturated carbocycles. The van der Waals surface area contributed by atoms with Gasteiger partial charge in [0.1, 0.15) is 5.52 Å². The summed E-state index contributed by atoms with van der Waals surface area (Å²) in [5, 5.41) is 8.84. The molecular formula is C15H9BrN4O. The van der Waals surface area contributed by atoms with Crippen molar-refractivity contribution in [2.24, 2.45) is 0 Å². The van der Waals surface area contributed by atoms with Crippen LogP contribution in [-0.4, -0.2) is 9.97 Å². The molecule has 2 aromatic heterocycles. The Labute approximate surface area is 129 Å². The van der Waals surface area contributed by atoms with Crippen molar-refractivity contribution >= 4 is 32.7 Å². The van der Waals surface area contributed by atoms with Gasteiger partial charge in [-0.05, 0) is 40.2 Å². The lowest BCUT2D eigenvalue weighted by atomic mass is 10.2. The molecule has 0 radical (unpaired) electrons. The summed E-state index contributed by atoms with van der Waals surface area (Å²) in [5.41, 5.74) is 8.14. The van der Waals surface area contributed by atoms with E-state index in [-0.39, 0.29) is 0 Å². The van der Waals surface area contributed by atoms with Crippen LogP contribution in [-0.2, 0) is 0 Å². The van der Waals surface area contributed by atoms with Crippen LogP contribution >= 0.6 is 15.9 Å². The number of halogens is 1. The molecule has 3 aromatic rings. The highest BCUT2D eigenvalue weighted by Gasteiger charge is 2.09. The van der Waals surface area contributed by atoms with Gasteiger partial charge in [0.2, 0.25) is 0 Å². The standard InChI is InChI=1S/C15H9BrN4O/c16-10-6-12-15(20-8-10)14(3-4-19-12)21-13-2-1-9(7-17)5-11(13)18/h1-6,8H,18H2. The zero-order chi connectivity index (χ0) is 14.8. The zero-order valence-corrected chi connectivity index (χ0v) is 12.3. The maximum Gasteiger partial charge on any atom is 0.156 e. The molecule has 0 saturated heterocycles. The van der Waals surface area contributed by atoms with Crippen LogP contribution in [0.5, 0.6) is 11.5 Å². The summed E-state index contributed by atoms with van der Waals surface area (Å²) in [6.07, 6.45) is 3.32. The Balaban J connectivity index is 2.04. The fourth-order valence-corrected chi connectivity index (χ4v) is 2.21. The van der Waals surface area contributed by atoms with E-state index in [9.17, 15) is 0 Å². The fourth-order valence-electron chi connectivity index (χ4n) is 1.89. The summed E-state index contributed by atoms with van der Waals surface area (Å²) in [6, 6.07) is 10.5. The average Bonchev–Trinajstić information content (AvgIpc) is 2.49. The molecule has 0 aliphatic carbocycles. The van der Waals surface area contributed by atoms with E-state index in [0.717, 1.165) is 4.47 Å². The van der Waals surface area contributed by atoms with Crippen LogP contribution < -0.4 is 10.5 Å². The van der Waals surface area contributed by atoms with Gasteiger partial charge in [-0.1, -0.05) is 0 Å². The Morgan fingerprint density at radius 1 is 1.14 bits per heavy atom. The van der Waals surface area contributed by atoms with Crippen LogP contribution in [0.4, 0.5) is 5.69 Å². The first kappa shape index (κ1) is 13.3. The van der Waals surface area contributed by atoms with E-state index in [1.165, 1.54) is 0 Å². The lowest BCUT2D eigenvalue weighted by Crippen LogP contribution is -1.95. The molecule has 102 valence electrons. The number of nitrogens with two attached hydrogens (primary N) is 1. The van der Waals surface area contributed by atoms with E-state index in [4.69, 9.17) is 15.7 Å². The third-order valence-corrected chi connectivity index (χ3v) is 3.30. The van der Waals surface area contributed by atoms with Crippen molar-refractivity contribution in [2.75, 3.05) is 5.73 Å². The molecule has 2 N–H and O–H groups in total. The van der Waals surface area contributed by atoms with Gasteiger partial charge in [0.15, 0.2) is 11.5 Å². The molecular weight excluding hydrogens is 332 g/mol. The molecule has 5 nitrogen and oxygen atoms in total. The maximum absolute atomic E-state index is 8.84. The summed E-state index contributed by atoms with van der Waals surface area (Å²) in [4.78, 5) is 8.56. The van der Waals surface area contributed by atoms with Gasteiger partial charge in [-0.25, -0.2) is 4.98 Å². The lowest BCUT2D eigenvalue weighted by Gasteiger charge is -2.10. The molecule has 0 spiro atoms. The molecule has 0 aliphatic heterocycles. The summed E-state index contributed by atoms with van der Waals surface area (Å²) < 4.78 is 6.65. The number of nitrogen functional groups attached to an aromatic ring is 1. The predicted octanol–water partition coefficient (Wildman–Crippen LogP) is 3.64. The number of benzene rings is 1. The van der Waals surface area contributed by atoms with Crippen LogP contribution in [0.3, 0.4) is 0 Å². The monoisotopic (exact) mass is 340 g/mol. The van der Waals surface area contributed by atoms with Crippen molar-refractivity contribution in [3.8, 4) is 17.6 Å². The largest absolute Gasteiger partial charge is 0.453 e. The Hall–Kier alpha value is -2.65. The minimum absolute atomic E-state index is 0.399. The SMILES string of the molecule is N#Cc1ccc(Oc2ccnc3cc(Br)cnc23)c(N)c1. The molecule has 0 aliphatic rings. The molecule has 0 amide bonds. The van der Waals surface area contributed by atoms with Crippen LogP contribution in [0.2, 0.25) is 0 Å². The van der Waals surface area contributed by atoms with E-state index in [1.54, 1.807) is 36.7 Å². The Kier molecular flexibility index (Phi) is 3.42. The van der Waals surface area contributed by atoms with Crippen molar-refractivity contribution in [3.63, 3.8) is 0 Å². The molecule has 3 rings (SSSR count). The number of hydrogen-bond donors (Lipinski definition) is 1. The average molecular weight is 341 g/mol. The normalized spacial score (nSPS) is 10.3. The van der Waals surface area contributed by atoms with Gasteiger partial charge < -0.3 is 10.5 Å². The highest BCUT2D eigenvalue weighted by atomic mass is 79.9. The minimum Gasteiger partial charge on any atom is -0.453 e. The minimum atomic E-state index is 0.399. The van der Waals surface area contributed by atoms with E-state index in [0.29, 0.717) is 33.8 Å². The Morgan fingerprint density at radius 3 is 2.76 bits per heavy atom. The first-order valence-corrected chi connectivity index (χ1v) is 6.84. The number of hydrogen-bond acceptors (Lipinski definition) is 5. The summed E-state index contributed by atoms with van der Waals surface area (Å²) >= 11 is 3.36. The summed E-state index contributed by atoms with van der Waals surface area (Å²) in [5.74, 6) is 1.04. The Morgan fingerprint density at radius 2 is 2.00 bits per heavy atom. The van der Waals surface area contributed by atoms with E-state index < -0.39 is 0 Å². The van der Waals surface area contributed by atoms with Gasteiger partial charge in [-0.2, -0.15) is 5.26 Å². The third kappa shape index (κ3) is 2.64. The summed E-state index contributed by atoms with van der Waals surface area (Å²) in [7, 11) is 0. The van der Waals surface area contributed by atoms with Gasteiger partial charge in [0, 0.05) is 22.9 Å². The number of nitrogens with zero attached hydrogens (tertiary/aromatic N) is 3. The Bertz CT molecular complexity index is 873. The van der Waals surface area contributed by atoms with Gasteiger partial charge in [0.25, 0.3) is 0 Å². The number of pyridine rings is 2. The second-order valence-corrected chi connectivity index (χ2v) is 5.21. The number of ether oxygens (including phenoxy) is 1. The van der Waals surface area contributed by atoms with Crippen LogP contribution in [0.25, 0.3) is 11.0 Å². The topological polar surface area (TPSA) is 84.8 Å². The van der Waals surface area contributed by atoms with Gasteiger partial charge >= 0.3 is 0 Å². The van der Waals surface area contributed by atoms with Gasteiger partial charge in [-0.15, -0.1) is 0 Å². The highest BCUT2D eigenvalue weighted by Crippen LogP contribution is 2.32. The fraction of sp³-hybridized carbons (Fsp3) is 0. The maximum atomic E-state index is 8.84. The second-order valence-electron chi connectivity index (χ2n) is 4.30. The second kappa shape index (κ2) is 5.38. The number of anilines is 1. The van der Waals surface area contributed by atoms with Crippen molar-refractivity contribution in [1.29, 1.82) is 5.26 Å². The van der Waals surface area contributed by atoms with Gasteiger partial charge in [0.05, 0.1) is 22.8 Å². The van der Waals surface area contributed by atoms with Crippen molar-refractivity contribution in [1.82, 2.24) is 9.97 Å². The first-order chi connectivity index (χ1) is 10.2. The molecule has 1 aromatic carbocycles. The number of nitriles is 1. The van der Waals surface area contributed by atoms with Crippen LogP contribution in [0.1, 0.15) is 5.56 Å². The predicted molar refractivity (Wildman–Crippen MR) is 82.9 cm³/mol. The molecule has 2 heterocycles. The molecule has 0 fully saturated rings. The summed E-state index contributed by atoms with van der Waals surface area (Å²) in [6.45, 7) is 0. The van der Waals surface area contributed by atoms with Gasteiger partial charge in [-0.3, -0.25) is 4.98 Å². The quantitative estimate of drug-likeness (QED) is 0.720. The highest BCUT2D eigenvalue weighted by molar-refractivity contribution is 9.10. The lowest BCUT2D eigenvalue weighted by molar-refractivity contribution is 0.489. The van der Waals surface area contributed by atoms with Crippen LogP contribution in [0, 0.1) is 11.3 Å². The third-order valence-electron chi connectivity index (χ3n) is 2.87. The smallest absolute Gasteiger partial charge is 0.156 e. The molecule has 0 bridgehead atoms. The zero-order valence-electron chi connectivity index (χ0n) is 10.7. The molecule has 0 unspecified atom stereocenters. The van der Waals surface area contributed by atoms with Crippen molar-refractivity contribution < 1.29 is 4.74 Å². The van der Waals surface area contributed by atoms with Crippen LogP contribution in [0.15, 0.2) is 47.2 Å². The van der Waals surface area contributed by atoms with E-state index >= 15 is 0 Å². The molecule has 0 atom stereocenters. The number of fused-ring (bicyclic) bond motifs is 1. The number of rotatable bonds is 2. The number of aromatic nitrogens is 2. The van der Waals surface area contributed by atoms with E-state index in [1.807, 2.05) is 12.1 Å².